The van der Waals surface area contributed by atoms with Crippen LogP contribution in [0, 0.1) is 23.2 Å². The summed E-state index contributed by atoms with van der Waals surface area (Å²) in [6.07, 6.45) is 3.91. The molecular formula is C24H28N2O3S. The number of amides is 1. The van der Waals surface area contributed by atoms with E-state index >= 15 is 0 Å². The van der Waals surface area contributed by atoms with Gasteiger partial charge in [-0.1, -0.05) is 19.1 Å². The summed E-state index contributed by atoms with van der Waals surface area (Å²) in [5, 5.41) is 9.03. The number of nitrogens with zero attached hydrogens (tertiary/aromatic N) is 2. The number of hydrogen-bond acceptors (Lipinski definition) is 5. The van der Waals surface area contributed by atoms with Gasteiger partial charge in [0.2, 0.25) is 5.91 Å². The third-order valence-corrected chi connectivity index (χ3v) is 6.91. The van der Waals surface area contributed by atoms with Gasteiger partial charge in [0, 0.05) is 16.8 Å². The highest BCUT2D eigenvalue weighted by Gasteiger charge is 2.33. The van der Waals surface area contributed by atoms with Gasteiger partial charge >= 0.3 is 5.97 Å². The van der Waals surface area contributed by atoms with Crippen LogP contribution in [0.3, 0.4) is 0 Å². The summed E-state index contributed by atoms with van der Waals surface area (Å²) in [6.45, 7) is 6.19. The highest BCUT2D eigenvalue weighted by Crippen LogP contribution is 2.40. The van der Waals surface area contributed by atoms with Crippen LogP contribution < -0.4 is 4.90 Å². The van der Waals surface area contributed by atoms with Crippen molar-refractivity contribution >= 4 is 28.9 Å². The van der Waals surface area contributed by atoms with E-state index in [0.29, 0.717) is 22.0 Å². The first kappa shape index (κ1) is 22.0. The van der Waals surface area contributed by atoms with Gasteiger partial charge in [0.1, 0.15) is 4.88 Å². The zero-order valence-corrected chi connectivity index (χ0v) is 18.8. The molecule has 0 unspecified atom stereocenters. The van der Waals surface area contributed by atoms with Crippen LogP contribution in [0.25, 0.3) is 10.4 Å². The van der Waals surface area contributed by atoms with Crippen LogP contribution in [0.5, 0.6) is 0 Å². The number of rotatable bonds is 5. The molecule has 30 heavy (non-hydrogen) atoms. The van der Waals surface area contributed by atoms with Crippen molar-refractivity contribution in [3.63, 3.8) is 0 Å². The summed E-state index contributed by atoms with van der Waals surface area (Å²) in [5.74, 6) is 0.306. The fraction of sp³-hybridized carbons (Fsp3) is 0.458. The van der Waals surface area contributed by atoms with Crippen LogP contribution in [0.4, 0.5) is 5.69 Å². The number of nitriles is 1. The van der Waals surface area contributed by atoms with Gasteiger partial charge in [-0.15, -0.1) is 11.3 Å². The molecule has 3 rings (SSSR count). The number of benzene rings is 1. The van der Waals surface area contributed by atoms with E-state index in [9.17, 15) is 9.59 Å². The lowest BCUT2D eigenvalue weighted by Gasteiger charge is -2.33. The molecule has 1 fully saturated rings. The molecule has 158 valence electrons. The molecule has 6 heteroatoms. The van der Waals surface area contributed by atoms with Gasteiger partial charge in [0.25, 0.3) is 0 Å². The van der Waals surface area contributed by atoms with Crippen molar-refractivity contribution in [3.05, 3.63) is 40.8 Å². The number of carbonyl (C=O) groups excluding carboxylic acids is 2. The van der Waals surface area contributed by atoms with E-state index in [1.54, 1.807) is 17.0 Å². The van der Waals surface area contributed by atoms with E-state index in [2.05, 4.69) is 13.0 Å². The maximum absolute atomic E-state index is 13.5. The van der Waals surface area contributed by atoms with Gasteiger partial charge in [0.15, 0.2) is 0 Å². The molecule has 0 radical (unpaired) electrons. The second-order valence-electron chi connectivity index (χ2n) is 8.26. The van der Waals surface area contributed by atoms with Crippen molar-refractivity contribution in [1.29, 1.82) is 5.26 Å². The molecular weight excluding hydrogens is 396 g/mol. The number of carbonyl (C=O) groups is 2. The van der Waals surface area contributed by atoms with Crippen molar-refractivity contribution in [1.82, 2.24) is 0 Å². The number of hydrogen-bond donors (Lipinski definition) is 0. The maximum atomic E-state index is 13.5. The SMILES string of the molecule is COC(=O)c1sc(-c2ccc(C#N)cc2)cc1N(C(=O)[C@H]1CC[C@H](C)CC1)C(C)C. The third kappa shape index (κ3) is 4.57. The molecule has 1 saturated carbocycles. The van der Waals surface area contributed by atoms with E-state index < -0.39 is 5.97 Å². The average molecular weight is 425 g/mol. The smallest absolute Gasteiger partial charge is 0.350 e. The summed E-state index contributed by atoms with van der Waals surface area (Å²) in [7, 11) is 1.36. The molecule has 1 aromatic heterocycles. The molecule has 0 atom stereocenters. The maximum Gasteiger partial charge on any atom is 0.350 e. The van der Waals surface area contributed by atoms with Crippen molar-refractivity contribution in [2.45, 2.75) is 52.5 Å². The first-order valence-electron chi connectivity index (χ1n) is 10.4. The molecule has 0 saturated heterocycles. The molecule has 1 aliphatic carbocycles. The van der Waals surface area contributed by atoms with Gasteiger partial charge < -0.3 is 9.64 Å². The van der Waals surface area contributed by atoms with Gasteiger partial charge in [-0.25, -0.2) is 4.79 Å². The summed E-state index contributed by atoms with van der Waals surface area (Å²) < 4.78 is 5.02. The van der Waals surface area contributed by atoms with E-state index in [-0.39, 0.29) is 17.9 Å². The Morgan fingerprint density at radius 1 is 1.17 bits per heavy atom. The topological polar surface area (TPSA) is 70.4 Å². The first-order chi connectivity index (χ1) is 14.3. The summed E-state index contributed by atoms with van der Waals surface area (Å²) >= 11 is 1.32. The number of thiophene rings is 1. The highest BCUT2D eigenvalue weighted by molar-refractivity contribution is 7.18. The molecule has 5 nitrogen and oxygen atoms in total. The Balaban J connectivity index is 2.01. The van der Waals surface area contributed by atoms with Gasteiger partial charge in [-0.05, 0) is 69.2 Å². The summed E-state index contributed by atoms with van der Waals surface area (Å²) in [4.78, 5) is 29.1. The zero-order chi connectivity index (χ0) is 21.8. The number of anilines is 1. The van der Waals surface area contributed by atoms with Gasteiger partial charge in [-0.3, -0.25) is 4.79 Å². The minimum atomic E-state index is -0.439. The van der Waals surface area contributed by atoms with E-state index in [1.807, 2.05) is 32.0 Å². The third-order valence-electron chi connectivity index (χ3n) is 5.76. The monoisotopic (exact) mass is 424 g/mol. The zero-order valence-electron chi connectivity index (χ0n) is 18.0. The highest BCUT2D eigenvalue weighted by atomic mass is 32.1. The first-order valence-corrected chi connectivity index (χ1v) is 11.2. The Kier molecular flexibility index (Phi) is 6.94. The number of methoxy groups -OCH3 is 1. The molecule has 1 aliphatic rings. The normalized spacial score (nSPS) is 18.7. The standard InChI is InChI=1S/C24H28N2O3S/c1-15(2)26(23(27)19-9-5-16(3)6-10-19)20-13-21(30-22(20)24(28)29-4)18-11-7-17(14-25)8-12-18/h7-8,11-13,15-16,19H,5-6,9-10H2,1-4H3/t16-,19-. The largest absolute Gasteiger partial charge is 0.465 e. The summed E-state index contributed by atoms with van der Waals surface area (Å²) in [5.41, 5.74) is 2.09. The lowest BCUT2D eigenvalue weighted by atomic mass is 9.82. The number of ether oxygens (including phenoxy) is 1. The van der Waals surface area contributed by atoms with Crippen molar-refractivity contribution < 1.29 is 14.3 Å². The van der Waals surface area contributed by atoms with Crippen LogP contribution in [0.15, 0.2) is 30.3 Å². The molecule has 0 spiro atoms. The fourth-order valence-corrected chi connectivity index (χ4v) is 5.08. The van der Waals surface area contributed by atoms with Crippen LogP contribution in [0.2, 0.25) is 0 Å². The minimum Gasteiger partial charge on any atom is -0.465 e. The predicted molar refractivity (Wildman–Crippen MR) is 120 cm³/mol. The molecule has 0 aliphatic heterocycles. The minimum absolute atomic E-state index is 0.00708. The number of esters is 1. The predicted octanol–water partition coefficient (Wildman–Crippen LogP) is 5.64. The van der Waals surface area contributed by atoms with Crippen LogP contribution in [-0.2, 0) is 9.53 Å². The second kappa shape index (κ2) is 9.44. The molecule has 0 bridgehead atoms. The Labute approximate surface area is 182 Å². The lowest BCUT2D eigenvalue weighted by molar-refractivity contribution is -0.123. The lowest BCUT2D eigenvalue weighted by Crippen LogP contribution is -2.42. The van der Waals surface area contributed by atoms with Crippen LogP contribution >= 0.6 is 11.3 Å². The molecule has 1 amide bonds. The van der Waals surface area contributed by atoms with E-state index in [1.165, 1.54) is 18.4 Å². The fourth-order valence-electron chi connectivity index (χ4n) is 4.01. The molecule has 1 aromatic carbocycles. The van der Waals surface area contributed by atoms with Crippen LogP contribution in [0.1, 0.15) is 61.7 Å². The quantitative estimate of drug-likeness (QED) is 0.582. The van der Waals surface area contributed by atoms with Gasteiger partial charge in [-0.2, -0.15) is 5.26 Å². The Hall–Kier alpha value is -2.65. The van der Waals surface area contributed by atoms with Gasteiger partial charge in [0.05, 0.1) is 24.4 Å². The second-order valence-corrected chi connectivity index (χ2v) is 9.32. The summed E-state index contributed by atoms with van der Waals surface area (Å²) in [6, 6.07) is 11.2. The van der Waals surface area contributed by atoms with Crippen LogP contribution in [-0.4, -0.2) is 25.0 Å². The Morgan fingerprint density at radius 2 is 1.80 bits per heavy atom. The van der Waals surface area contributed by atoms with E-state index in [0.717, 1.165) is 36.1 Å². The Morgan fingerprint density at radius 3 is 2.33 bits per heavy atom. The van der Waals surface area contributed by atoms with E-state index in [4.69, 9.17) is 10.00 Å². The Bertz CT molecular complexity index is 948. The van der Waals surface area contributed by atoms with Crippen molar-refractivity contribution in [3.8, 4) is 16.5 Å². The van der Waals surface area contributed by atoms with Crippen molar-refractivity contribution in [2.75, 3.05) is 12.0 Å². The average Bonchev–Trinajstić information content (AvgIpc) is 3.18. The molecule has 2 aromatic rings. The molecule has 0 N–H and O–H groups in total. The van der Waals surface area contributed by atoms with Crippen molar-refractivity contribution in [2.24, 2.45) is 11.8 Å². The molecule has 1 heterocycles.